The number of aromatic nitrogens is 1. The lowest BCUT2D eigenvalue weighted by molar-refractivity contribution is 0.253. The zero-order chi connectivity index (χ0) is 13.9. The number of rotatable bonds is 10. The van der Waals surface area contributed by atoms with Gasteiger partial charge in [0.15, 0.2) is 0 Å². The molecule has 1 atom stereocenters. The van der Waals surface area contributed by atoms with Gasteiger partial charge in [0.1, 0.15) is 0 Å². The Kier molecular flexibility index (Phi) is 8.43. The third kappa shape index (κ3) is 7.28. The Morgan fingerprint density at radius 1 is 1.32 bits per heavy atom. The van der Waals surface area contributed by atoms with Crippen molar-refractivity contribution < 1.29 is 0 Å². The molecule has 1 heterocycles. The maximum absolute atomic E-state index is 4.36. The zero-order valence-corrected chi connectivity index (χ0v) is 12.7. The first-order chi connectivity index (χ1) is 9.24. The average Bonchev–Trinajstić information content (AvgIpc) is 2.45. The van der Waals surface area contributed by atoms with E-state index in [0.717, 1.165) is 26.1 Å². The minimum atomic E-state index is 0.574. The number of likely N-dealkylation sites (N-methyl/N-ethyl adjacent to an activating group) is 1. The highest BCUT2D eigenvalue weighted by Gasteiger charge is 2.08. The van der Waals surface area contributed by atoms with Gasteiger partial charge < -0.3 is 10.2 Å². The molecule has 0 aliphatic rings. The fraction of sp³-hybridized carbons (Fsp3) is 0.688. The van der Waals surface area contributed by atoms with E-state index >= 15 is 0 Å². The molecule has 1 unspecified atom stereocenters. The molecule has 108 valence electrons. The highest BCUT2D eigenvalue weighted by molar-refractivity contribution is 5.03. The lowest BCUT2D eigenvalue weighted by Gasteiger charge is -2.24. The molecule has 3 nitrogen and oxygen atoms in total. The second-order valence-corrected chi connectivity index (χ2v) is 5.31. The van der Waals surface area contributed by atoms with Crippen LogP contribution in [-0.2, 0) is 6.42 Å². The lowest BCUT2D eigenvalue weighted by atomic mass is 10.2. The second-order valence-electron chi connectivity index (χ2n) is 5.31. The molecular formula is C16H29N3. The Labute approximate surface area is 118 Å². The fourth-order valence-corrected chi connectivity index (χ4v) is 2.02. The Morgan fingerprint density at radius 3 is 2.84 bits per heavy atom. The second kappa shape index (κ2) is 9.93. The van der Waals surface area contributed by atoms with Gasteiger partial charge in [-0.15, -0.1) is 0 Å². The summed E-state index contributed by atoms with van der Waals surface area (Å²) >= 11 is 0. The number of hydrogen-bond acceptors (Lipinski definition) is 3. The monoisotopic (exact) mass is 263 g/mol. The van der Waals surface area contributed by atoms with Gasteiger partial charge in [-0.1, -0.05) is 25.8 Å². The highest BCUT2D eigenvalue weighted by atomic mass is 15.1. The molecule has 1 aromatic heterocycles. The summed E-state index contributed by atoms with van der Waals surface area (Å²) in [6, 6.07) is 6.70. The standard InChI is InChI=1S/C16H29N3/c1-4-5-7-11-17-14-15(2)19(3)13-10-16-9-6-8-12-18-16/h6,8-9,12,15,17H,4-5,7,10-11,13-14H2,1-3H3. The summed E-state index contributed by atoms with van der Waals surface area (Å²) in [6.45, 7) is 7.81. The quantitative estimate of drug-likeness (QED) is 0.658. The number of nitrogens with one attached hydrogen (secondary N) is 1. The topological polar surface area (TPSA) is 28.2 Å². The molecule has 1 rings (SSSR count). The summed E-state index contributed by atoms with van der Waals surface area (Å²) in [5.41, 5.74) is 1.18. The van der Waals surface area contributed by atoms with Gasteiger partial charge >= 0.3 is 0 Å². The summed E-state index contributed by atoms with van der Waals surface area (Å²) in [5, 5.41) is 3.54. The normalized spacial score (nSPS) is 12.8. The van der Waals surface area contributed by atoms with E-state index in [4.69, 9.17) is 0 Å². The van der Waals surface area contributed by atoms with Gasteiger partial charge in [-0.3, -0.25) is 4.98 Å². The van der Waals surface area contributed by atoms with Crippen LogP contribution in [0.1, 0.15) is 38.8 Å². The van der Waals surface area contributed by atoms with Crippen LogP contribution in [0.5, 0.6) is 0 Å². The molecule has 0 fully saturated rings. The van der Waals surface area contributed by atoms with Crippen LogP contribution in [-0.4, -0.2) is 42.6 Å². The molecule has 0 saturated heterocycles. The Balaban J connectivity index is 2.12. The fourth-order valence-electron chi connectivity index (χ4n) is 2.02. The molecule has 0 aromatic carbocycles. The van der Waals surface area contributed by atoms with E-state index in [-0.39, 0.29) is 0 Å². The Bertz CT molecular complexity index is 313. The molecule has 0 radical (unpaired) electrons. The largest absolute Gasteiger partial charge is 0.315 e. The maximum atomic E-state index is 4.36. The minimum Gasteiger partial charge on any atom is -0.315 e. The molecule has 0 aliphatic heterocycles. The summed E-state index contributed by atoms with van der Waals surface area (Å²) in [6.07, 6.45) is 6.81. The number of pyridine rings is 1. The molecule has 0 amide bonds. The third-order valence-electron chi connectivity index (χ3n) is 3.60. The van der Waals surface area contributed by atoms with Crippen molar-refractivity contribution in [1.82, 2.24) is 15.2 Å². The van der Waals surface area contributed by atoms with Crippen LogP contribution in [0.3, 0.4) is 0 Å². The first kappa shape index (κ1) is 16.1. The van der Waals surface area contributed by atoms with Gasteiger partial charge in [0, 0.05) is 37.4 Å². The predicted molar refractivity (Wildman–Crippen MR) is 82.4 cm³/mol. The van der Waals surface area contributed by atoms with Crippen molar-refractivity contribution in [1.29, 1.82) is 0 Å². The molecule has 0 bridgehead atoms. The number of hydrogen-bond donors (Lipinski definition) is 1. The molecule has 0 aliphatic carbocycles. The van der Waals surface area contributed by atoms with E-state index in [1.54, 1.807) is 0 Å². The SMILES string of the molecule is CCCCCNCC(C)N(C)CCc1ccccn1. The molecular weight excluding hydrogens is 234 g/mol. The zero-order valence-electron chi connectivity index (χ0n) is 12.7. The molecule has 3 heteroatoms. The van der Waals surface area contributed by atoms with Gasteiger partial charge in [-0.25, -0.2) is 0 Å². The van der Waals surface area contributed by atoms with Gasteiger partial charge in [0.2, 0.25) is 0 Å². The van der Waals surface area contributed by atoms with E-state index in [1.165, 1.54) is 25.0 Å². The number of unbranched alkanes of at least 4 members (excludes halogenated alkanes) is 2. The van der Waals surface area contributed by atoms with Crippen LogP contribution in [0.4, 0.5) is 0 Å². The van der Waals surface area contributed by atoms with Crippen LogP contribution in [0.2, 0.25) is 0 Å². The average molecular weight is 263 g/mol. The van der Waals surface area contributed by atoms with E-state index in [2.05, 4.69) is 48.2 Å². The minimum absolute atomic E-state index is 0.574. The van der Waals surface area contributed by atoms with E-state index in [1.807, 2.05) is 12.3 Å². The Hall–Kier alpha value is -0.930. The van der Waals surface area contributed by atoms with E-state index in [9.17, 15) is 0 Å². The Morgan fingerprint density at radius 2 is 2.16 bits per heavy atom. The summed E-state index contributed by atoms with van der Waals surface area (Å²) < 4.78 is 0. The summed E-state index contributed by atoms with van der Waals surface area (Å²) in [5.74, 6) is 0. The van der Waals surface area contributed by atoms with Crippen molar-refractivity contribution >= 4 is 0 Å². The molecule has 0 saturated carbocycles. The molecule has 0 spiro atoms. The first-order valence-electron chi connectivity index (χ1n) is 7.55. The predicted octanol–water partition coefficient (Wildman–Crippen LogP) is 2.72. The first-order valence-corrected chi connectivity index (χ1v) is 7.55. The van der Waals surface area contributed by atoms with E-state index < -0.39 is 0 Å². The van der Waals surface area contributed by atoms with Crippen molar-refractivity contribution in [3.8, 4) is 0 Å². The van der Waals surface area contributed by atoms with Gasteiger partial charge in [-0.05, 0) is 39.1 Å². The summed E-state index contributed by atoms with van der Waals surface area (Å²) in [4.78, 5) is 6.77. The summed E-state index contributed by atoms with van der Waals surface area (Å²) in [7, 11) is 2.20. The van der Waals surface area contributed by atoms with Crippen LogP contribution < -0.4 is 5.32 Å². The van der Waals surface area contributed by atoms with Gasteiger partial charge in [0.25, 0.3) is 0 Å². The van der Waals surface area contributed by atoms with Gasteiger partial charge in [0.05, 0.1) is 0 Å². The van der Waals surface area contributed by atoms with Crippen LogP contribution in [0.15, 0.2) is 24.4 Å². The van der Waals surface area contributed by atoms with Crippen molar-refractivity contribution in [3.63, 3.8) is 0 Å². The smallest absolute Gasteiger partial charge is 0.0416 e. The van der Waals surface area contributed by atoms with Crippen LogP contribution in [0.25, 0.3) is 0 Å². The van der Waals surface area contributed by atoms with Crippen molar-refractivity contribution in [2.45, 2.75) is 45.6 Å². The van der Waals surface area contributed by atoms with Crippen LogP contribution in [0, 0.1) is 0 Å². The molecule has 1 N–H and O–H groups in total. The van der Waals surface area contributed by atoms with Gasteiger partial charge in [-0.2, -0.15) is 0 Å². The van der Waals surface area contributed by atoms with Crippen molar-refractivity contribution in [3.05, 3.63) is 30.1 Å². The third-order valence-corrected chi connectivity index (χ3v) is 3.60. The van der Waals surface area contributed by atoms with Crippen molar-refractivity contribution in [2.75, 3.05) is 26.7 Å². The molecule has 19 heavy (non-hydrogen) atoms. The lowest BCUT2D eigenvalue weighted by Crippen LogP contribution is -2.39. The highest BCUT2D eigenvalue weighted by Crippen LogP contribution is 2.00. The van der Waals surface area contributed by atoms with Crippen molar-refractivity contribution in [2.24, 2.45) is 0 Å². The van der Waals surface area contributed by atoms with E-state index in [0.29, 0.717) is 6.04 Å². The molecule has 1 aromatic rings. The van der Waals surface area contributed by atoms with Crippen LogP contribution >= 0.6 is 0 Å². The maximum Gasteiger partial charge on any atom is 0.0416 e. The number of nitrogens with zero attached hydrogens (tertiary/aromatic N) is 2.